The first-order chi connectivity index (χ1) is 12.6. The van der Waals surface area contributed by atoms with Gasteiger partial charge in [-0.2, -0.15) is 0 Å². The zero-order chi connectivity index (χ0) is 18.1. The second-order valence-electron chi connectivity index (χ2n) is 6.52. The van der Waals surface area contributed by atoms with Gasteiger partial charge in [-0.1, -0.05) is 18.2 Å². The molecule has 26 heavy (non-hydrogen) atoms. The lowest BCUT2D eigenvalue weighted by Gasteiger charge is -2.07. The van der Waals surface area contributed by atoms with E-state index in [1.807, 2.05) is 6.07 Å². The van der Waals surface area contributed by atoms with Gasteiger partial charge >= 0.3 is 5.97 Å². The monoisotopic (exact) mass is 350 g/mol. The number of oxazole rings is 1. The van der Waals surface area contributed by atoms with Gasteiger partial charge in [0.1, 0.15) is 5.52 Å². The number of nitrogens with zero attached hydrogens (tertiary/aromatic N) is 1. The highest BCUT2D eigenvalue weighted by Gasteiger charge is 2.28. The second-order valence-corrected chi connectivity index (χ2v) is 6.52. The minimum Gasteiger partial charge on any atom is -0.478 e. The van der Waals surface area contributed by atoms with Crippen LogP contribution in [0, 0.1) is 0 Å². The fraction of sp³-hybridized carbons (Fsp3) is 0.250. The van der Waals surface area contributed by atoms with E-state index in [0.29, 0.717) is 23.6 Å². The predicted octanol–water partition coefficient (Wildman–Crippen LogP) is 3.97. The van der Waals surface area contributed by atoms with Gasteiger partial charge < -0.3 is 14.8 Å². The molecule has 3 aromatic rings. The van der Waals surface area contributed by atoms with Crippen LogP contribution < -0.4 is 5.32 Å². The maximum absolute atomic E-state index is 12.2. The standard InChI is InChI=1S/C20H18N2O4/c23-18(10-7-12-3-1-2-4-15(12)20(24)25)21-14-8-9-17-16(11-14)22-19(26-17)13-5-6-13/h1-4,8-9,11,13H,5-7,10H2,(H,21,23)(H,24,25). The summed E-state index contributed by atoms with van der Waals surface area (Å²) in [6, 6.07) is 12.1. The average molecular weight is 350 g/mol. The molecule has 0 spiro atoms. The van der Waals surface area contributed by atoms with Gasteiger partial charge in [0.2, 0.25) is 5.91 Å². The highest BCUT2D eigenvalue weighted by molar-refractivity contribution is 5.93. The fourth-order valence-corrected chi connectivity index (χ4v) is 2.95. The first-order valence-electron chi connectivity index (χ1n) is 8.61. The summed E-state index contributed by atoms with van der Waals surface area (Å²) in [4.78, 5) is 27.9. The lowest BCUT2D eigenvalue weighted by atomic mass is 10.0. The Balaban J connectivity index is 1.41. The molecule has 1 aliphatic carbocycles. The zero-order valence-electron chi connectivity index (χ0n) is 14.1. The Kier molecular flexibility index (Phi) is 4.16. The van der Waals surface area contributed by atoms with Crippen LogP contribution >= 0.6 is 0 Å². The normalized spacial score (nSPS) is 13.7. The van der Waals surface area contributed by atoms with Crippen LogP contribution in [-0.4, -0.2) is 22.0 Å². The molecule has 4 rings (SSSR count). The first-order valence-corrected chi connectivity index (χ1v) is 8.61. The lowest BCUT2D eigenvalue weighted by molar-refractivity contribution is -0.116. The van der Waals surface area contributed by atoms with E-state index >= 15 is 0 Å². The molecule has 0 unspecified atom stereocenters. The van der Waals surface area contributed by atoms with Crippen molar-refractivity contribution in [1.29, 1.82) is 0 Å². The van der Waals surface area contributed by atoms with Crippen LogP contribution in [0.2, 0.25) is 0 Å². The molecule has 2 N–H and O–H groups in total. The van der Waals surface area contributed by atoms with Crippen LogP contribution in [-0.2, 0) is 11.2 Å². The number of hydrogen-bond acceptors (Lipinski definition) is 4. The second kappa shape index (κ2) is 6.63. The molecule has 6 nitrogen and oxygen atoms in total. The predicted molar refractivity (Wildman–Crippen MR) is 96.3 cm³/mol. The molecule has 1 aromatic heterocycles. The van der Waals surface area contributed by atoms with Gasteiger partial charge in [-0.3, -0.25) is 4.79 Å². The van der Waals surface area contributed by atoms with Crippen LogP contribution in [0.5, 0.6) is 0 Å². The summed E-state index contributed by atoms with van der Waals surface area (Å²) in [6.07, 6.45) is 2.81. The van der Waals surface area contributed by atoms with Crippen LogP contribution in [0.1, 0.15) is 47.0 Å². The summed E-state index contributed by atoms with van der Waals surface area (Å²) < 4.78 is 5.71. The fourth-order valence-electron chi connectivity index (χ4n) is 2.95. The third-order valence-electron chi connectivity index (χ3n) is 4.48. The Hall–Kier alpha value is -3.15. The van der Waals surface area contributed by atoms with Gasteiger partial charge in [-0.25, -0.2) is 9.78 Å². The SMILES string of the molecule is O=C(CCc1ccccc1C(=O)O)Nc1ccc2oc(C3CC3)nc2c1. The number of anilines is 1. The van der Waals surface area contributed by atoms with Gasteiger partial charge in [-0.05, 0) is 49.1 Å². The number of aryl methyl sites for hydroxylation is 1. The van der Waals surface area contributed by atoms with Gasteiger partial charge in [0.15, 0.2) is 11.5 Å². The molecule has 1 heterocycles. The van der Waals surface area contributed by atoms with Crippen LogP contribution in [0.3, 0.4) is 0 Å². The number of amides is 1. The Morgan fingerprint density at radius 2 is 2.00 bits per heavy atom. The number of nitrogens with one attached hydrogen (secondary N) is 1. The molecular weight excluding hydrogens is 332 g/mol. The highest BCUT2D eigenvalue weighted by Crippen LogP contribution is 2.40. The number of carboxylic acids is 1. The van der Waals surface area contributed by atoms with Crippen molar-refractivity contribution in [2.24, 2.45) is 0 Å². The van der Waals surface area contributed by atoms with Crippen molar-refractivity contribution in [3.8, 4) is 0 Å². The maximum Gasteiger partial charge on any atom is 0.335 e. The minimum absolute atomic E-state index is 0.171. The molecule has 6 heteroatoms. The van der Waals surface area contributed by atoms with Crippen molar-refractivity contribution in [3.05, 3.63) is 59.5 Å². The Morgan fingerprint density at radius 3 is 2.77 bits per heavy atom. The van der Waals surface area contributed by atoms with E-state index in [9.17, 15) is 14.7 Å². The number of carboxylic acid groups (broad SMARTS) is 1. The summed E-state index contributed by atoms with van der Waals surface area (Å²) in [6.45, 7) is 0. The summed E-state index contributed by atoms with van der Waals surface area (Å²) in [5, 5.41) is 12.0. The smallest absolute Gasteiger partial charge is 0.335 e. The Labute approximate surface area is 149 Å². The van der Waals surface area contributed by atoms with Gasteiger partial charge in [0.25, 0.3) is 0 Å². The molecule has 0 radical (unpaired) electrons. The van der Waals surface area contributed by atoms with Crippen LogP contribution in [0.4, 0.5) is 5.69 Å². The topological polar surface area (TPSA) is 92.4 Å². The van der Waals surface area contributed by atoms with E-state index < -0.39 is 5.97 Å². The van der Waals surface area contributed by atoms with Crippen molar-refractivity contribution < 1.29 is 19.1 Å². The highest BCUT2D eigenvalue weighted by atomic mass is 16.4. The zero-order valence-corrected chi connectivity index (χ0v) is 14.1. The van der Waals surface area contributed by atoms with Crippen LogP contribution in [0.15, 0.2) is 46.9 Å². The van der Waals surface area contributed by atoms with Crippen LogP contribution in [0.25, 0.3) is 11.1 Å². The van der Waals surface area contributed by atoms with E-state index in [4.69, 9.17) is 4.42 Å². The van der Waals surface area contributed by atoms with Crippen molar-refractivity contribution >= 4 is 28.7 Å². The van der Waals surface area contributed by atoms with Gasteiger partial charge in [0, 0.05) is 18.0 Å². The van der Waals surface area contributed by atoms with E-state index in [1.54, 1.807) is 36.4 Å². The molecular formula is C20H18N2O4. The number of aromatic carboxylic acids is 1. The molecule has 0 atom stereocenters. The number of aromatic nitrogens is 1. The van der Waals surface area contributed by atoms with Crippen molar-refractivity contribution in [1.82, 2.24) is 4.98 Å². The molecule has 1 fully saturated rings. The summed E-state index contributed by atoms with van der Waals surface area (Å²) in [5.41, 5.74) is 3.00. The molecule has 0 aliphatic heterocycles. The quantitative estimate of drug-likeness (QED) is 0.701. The van der Waals surface area contributed by atoms with E-state index in [1.165, 1.54) is 0 Å². The maximum atomic E-state index is 12.2. The largest absolute Gasteiger partial charge is 0.478 e. The van der Waals surface area contributed by atoms with Gasteiger partial charge in [-0.15, -0.1) is 0 Å². The average Bonchev–Trinajstić information content (AvgIpc) is 3.39. The molecule has 1 saturated carbocycles. The number of hydrogen-bond donors (Lipinski definition) is 2. The summed E-state index contributed by atoms with van der Waals surface area (Å²) in [5.74, 6) is 0.0583. The van der Waals surface area contributed by atoms with E-state index in [0.717, 1.165) is 29.8 Å². The summed E-state index contributed by atoms with van der Waals surface area (Å²) >= 11 is 0. The Morgan fingerprint density at radius 1 is 1.19 bits per heavy atom. The van der Waals surface area contributed by atoms with Crippen molar-refractivity contribution in [3.63, 3.8) is 0 Å². The third-order valence-corrected chi connectivity index (χ3v) is 4.48. The number of fused-ring (bicyclic) bond motifs is 1. The van der Waals surface area contributed by atoms with Gasteiger partial charge in [0.05, 0.1) is 5.56 Å². The van der Waals surface area contributed by atoms with E-state index in [2.05, 4.69) is 10.3 Å². The lowest BCUT2D eigenvalue weighted by Crippen LogP contribution is -2.13. The molecule has 0 saturated heterocycles. The molecule has 1 aliphatic rings. The van der Waals surface area contributed by atoms with E-state index in [-0.39, 0.29) is 17.9 Å². The summed E-state index contributed by atoms with van der Waals surface area (Å²) in [7, 11) is 0. The Bertz CT molecular complexity index is 988. The van der Waals surface area contributed by atoms with Crippen molar-refractivity contribution in [2.75, 3.05) is 5.32 Å². The number of rotatable bonds is 6. The molecule has 2 aromatic carbocycles. The molecule has 0 bridgehead atoms. The minimum atomic E-state index is -0.982. The number of carbonyl (C=O) groups is 2. The molecule has 1 amide bonds. The number of benzene rings is 2. The number of carbonyl (C=O) groups excluding carboxylic acids is 1. The molecule has 132 valence electrons. The third kappa shape index (κ3) is 3.44. The van der Waals surface area contributed by atoms with Crippen molar-refractivity contribution in [2.45, 2.75) is 31.6 Å². The first kappa shape index (κ1) is 16.3.